The van der Waals surface area contributed by atoms with Gasteiger partial charge in [-0.3, -0.25) is 9.89 Å². The molecule has 0 saturated heterocycles. The summed E-state index contributed by atoms with van der Waals surface area (Å²) in [5.41, 5.74) is 0. The van der Waals surface area contributed by atoms with Gasteiger partial charge < -0.3 is 5.32 Å². The largest absolute Gasteiger partial charge is 0.304 e. The van der Waals surface area contributed by atoms with E-state index in [1.807, 2.05) is 0 Å². The molecule has 0 aliphatic heterocycles. The summed E-state index contributed by atoms with van der Waals surface area (Å²) in [6, 6.07) is 4.16. The maximum Gasteiger partial charge on any atom is 0.296 e. The average molecular weight is 247 g/mol. The first kappa shape index (κ1) is 10.8. The molecule has 0 aromatic carbocycles. The van der Waals surface area contributed by atoms with Gasteiger partial charge >= 0.3 is 0 Å². The van der Waals surface area contributed by atoms with Crippen molar-refractivity contribution in [2.75, 3.05) is 5.32 Å². The number of carbonyl (C=O) groups is 1. The van der Waals surface area contributed by atoms with Gasteiger partial charge in [0.2, 0.25) is 11.8 Å². The number of aromatic nitrogens is 4. The van der Waals surface area contributed by atoms with Crippen molar-refractivity contribution in [1.82, 2.24) is 20.2 Å². The number of carbonyl (C=O) groups excluding carboxylic acids is 1. The lowest BCUT2D eigenvalue weighted by atomic mass is 10.4. The quantitative estimate of drug-likeness (QED) is 0.804. The van der Waals surface area contributed by atoms with Crippen LogP contribution < -0.4 is 5.32 Å². The molecule has 2 N–H and O–H groups in total. The van der Waals surface area contributed by atoms with Crippen molar-refractivity contribution in [1.29, 1.82) is 0 Å². The molecule has 1 aliphatic carbocycles. The molecular weight excluding hydrogens is 237 g/mol. The third kappa shape index (κ3) is 2.20. The van der Waals surface area contributed by atoms with E-state index in [2.05, 4.69) is 25.5 Å². The molecule has 1 fully saturated rings. The monoisotopic (exact) mass is 247 g/mol. The Morgan fingerprint density at radius 1 is 1.39 bits per heavy atom. The Morgan fingerprint density at radius 2 is 2.22 bits per heavy atom. The first-order valence-electron chi connectivity index (χ1n) is 5.58. The number of anilines is 1. The molecule has 2 heterocycles. The van der Waals surface area contributed by atoms with E-state index < -0.39 is 11.9 Å². The predicted octanol–water partition coefficient (Wildman–Crippen LogP) is 1.47. The molecule has 1 amide bonds. The smallest absolute Gasteiger partial charge is 0.296 e. The predicted molar refractivity (Wildman–Crippen MR) is 60.5 cm³/mol. The summed E-state index contributed by atoms with van der Waals surface area (Å²) in [7, 11) is 0. The van der Waals surface area contributed by atoms with Crippen molar-refractivity contribution in [2.45, 2.75) is 18.8 Å². The number of halogens is 1. The molecule has 0 spiro atoms. The maximum absolute atomic E-state index is 12.8. The van der Waals surface area contributed by atoms with E-state index in [1.165, 1.54) is 18.2 Å². The van der Waals surface area contributed by atoms with Crippen LogP contribution in [0.25, 0.3) is 0 Å². The Balaban J connectivity index is 1.73. The van der Waals surface area contributed by atoms with Crippen molar-refractivity contribution in [3.05, 3.63) is 35.8 Å². The number of aromatic amines is 1. The van der Waals surface area contributed by atoms with Crippen molar-refractivity contribution < 1.29 is 9.18 Å². The fourth-order valence-corrected chi connectivity index (χ4v) is 1.57. The van der Waals surface area contributed by atoms with Crippen LogP contribution in [0.4, 0.5) is 10.2 Å². The molecule has 0 radical (unpaired) electrons. The van der Waals surface area contributed by atoms with Crippen LogP contribution in [0.5, 0.6) is 0 Å². The summed E-state index contributed by atoms with van der Waals surface area (Å²) >= 11 is 0. The van der Waals surface area contributed by atoms with Gasteiger partial charge in [0.1, 0.15) is 11.6 Å². The van der Waals surface area contributed by atoms with Crippen LogP contribution in [0.2, 0.25) is 0 Å². The van der Waals surface area contributed by atoms with Gasteiger partial charge in [0.15, 0.2) is 0 Å². The van der Waals surface area contributed by atoms with Gasteiger partial charge in [-0.15, -0.1) is 5.10 Å². The molecule has 3 rings (SSSR count). The minimum Gasteiger partial charge on any atom is -0.304 e. The highest BCUT2D eigenvalue weighted by molar-refractivity contribution is 6.00. The second-order valence-corrected chi connectivity index (χ2v) is 4.12. The van der Waals surface area contributed by atoms with Gasteiger partial charge in [0, 0.05) is 5.92 Å². The molecule has 6 nitrogen and oxygen atoms in total. The number of rotatable bonds is 3. The van der Waals surface area contributed by atoms with Gasteiger partial charge in [-0.05, 0) is 25.0 Å². The van der Waals surface area contributed by atoms with Crippen LogP contribution in [0, 0.1) is 5.95 Å². The Kier molecular flexibility index (Phi) is 2.51. The summed E-state index contributed by atoms with van der Waals surface area (Å²) in [4.78, 5) is 19.4. The van der Waals surface area contributed by atoms with Crippen molar-refractivity contribution in [3.63, 3.8) is 0 Å². The zero-order valence-corrected chi connectivity index (χ0v) is 9.35. The SMILES string of the molecule is O=C(Nc1cccc(F)n1)c1n[nH]c(C2CC2)n1. The summed E-state index contributed by atoms with van der Waals surface area (Å²) in [5.74, 6) is 0.150. The molecule has 2 aromatic heterocycles. The Labute approximate surface area is 102 Å². The third-order valence-electron chi connectivity index (χ3n) is 2.63. The van der Waals surface area contributed by atoms with Gasteiger partial charge in [-0.25, -0.2) is 9.97 Å². The van der Waals surface area contributed by atoms with Crippen LogP contribution >= 0.6 is 0 Å². The van der Waals surface area contributed by atoms with E-state index in [0.717, 1.165) is 18.7 Å². The molecule has 1 saturated carbocycles. The first-order chi connectivity index (χ1) is 8.72. The van der Waals surface area contributed by atoms with E-state index in [-0.39, 0.29) is 11.6 Å². The number of H-pyrrole nitrogens is 1. The Hall–Kier alpha value is -2.31. The Bertz CT molecular complexity index is 593. The van der Waals surface area contributed by atoms with Crippen LogP contribution in [-0.2, 0) is 0 Å². The van der Waals surface area contributed by atoms with E-state index in [9.17, 15) is 9.18 Å². The highest BCUT2D eigenvalue weighted by atomic mass is 19.1. The van der Waals surface area contributed by atoms with Crippen molar-refractivity contribution >= 4 is 11.7 Å². The fourth-order valence-electron chi connectivity index (χ4n) is 1.57. The number of pyridine rings is 1. The zero-order valence-electron chi connectivity index (χ0n) is 9.35. The van der Waals surface area contributed by atoms with E-state index in [1.54, 1.807) is 0 Å². The van der Waals surface area contributed by atoms with Crippen LogP contribution in [-0.4, -0.2) is 26.1 Å². The normalized spacial score (nSPS) is 14.5. The number of hydrogen-bond acceptors (Lipinski definition) is 4. The lowest BCUT2D eigenvalue weighted by molar-refractivity contribution is 0.101. The second-order valence-electron chi connectivity index (χ2n) is 4.12. The van der Waals surface area contributed by atoms with Crippen molar-refractivity contribution in [2.24, 2.45) is 0 Å². The Morgan fingerprint density at radius 3 is 2.94 bits per heavy atom. The topological polar surface area (TPSA) is 83.6 Å². The van der Waals surface area contributed by atoms with Gasteiger partial charge in [0.25, 0.3) is 5.91 Å². The van der Waals surface area contributed by atoms with Crippen LogP contribution in [0.3, 0.4) is 0 Å². The highest BCUT2D eigenvalue weighted by Crippen LogP contribution is 2.37. The lowest BCUT2D eigenvalue weighted by Gasteiger charge is -2.00. The van der Waals surface area contributed by atoms with Gasteiger partial charge in [0.05, 0.1) is 0 Å². The van der Waals surface area contributed by atoms with Crippen molar-refractivity contribution in [3.8, 4) is 0 Å². The van der Waals surface area contributed by atoms with Gasteiger partial charge in [-0.2, -0.15) is 4.39 Å². The van der Waals surface area contributed by atoms with Gasteiger partial charge in [-0.1, -0.05) is 6.07 Å². The molecule has 7 heteroatoms. The van der Waals surface area contributed by atoms with Crippen LogP contribution in [0.1, 0.15) is 35.2 Å². The summed E-state index contributed by atoms with van der Waals surface area (Å²) in [6.45, 7) is 0. The third-order valence-corrected chi connectivity index (χ3v) is 2.63. The first-order valence-corrected chi connectivity index (χ1v) is 5.58. The van der Waals surface area contributed by atoms with E-state index in [4.69, 9.17) is 0 Å². The van der Waals surface area contributed by atoms with Crippen LogP contribution in [0.15, 0.2) is 18.2 Å². The maximum atomic E-state index is 12.8. The standard InChI is InChI=1S/C11H10FN5O/c12-7-2-1-3-8(13-7)14-11(18)10-15-9(16-17-10)6-4-5-6/h1-3,6H,4-5H2,(H,13,14,18)(H,15,16,17). The van der Waals surface area contributed by atoms with E-state index in [0.29, 0.717) is 5.92 Å². The minimum absolute atomic E-state index is 0.0444. The lowest BCUT2D eigenvalue weighted by Crippen LogP contribution is -2.15. The molecule has 18 heavy (non-hydrogen) atoms. The number of hydrogen-bond donors (Lipinski definition) is 2. The number of nitrogens with one attached hydrogen (secondary N) is 2. The molecule has 1 aliphatic rings. The number of nitrogens with zero attached hydrogens (tertiary/aromatic N) is 3. The summed E-state index contributed by atoms with van der Waals surface area (Å²) < 4.78 is 12.8. The summed E-state index contributed by atoms with van der Waals surface area (Å²) in [6.07, 6.45) is 2.14. The average Bonchev–Trinajstić information content (AvgIpc) is 3.07. The molecule has 0 unspecified atom stereocenters. The fraction of sp³-hybridized carbons (Fsp3) is 0.273. The highest BCUT2D eigenvalue weighted by Gasteiger charge is 2.28. The molecular formula is C11H10FN5O. The molecule has 2 aromatic rings. The zero-order chi connectivity index (χ0) is 12.5. The molecule has 0 bridgehead atoms. The summed E-state index contributed by atoms with van der Waals surface area (Å²) in [5, 5.41) is 8.99. The van der Waals surface area contributed by atoms with E-state index >= 15 is 0 Å². The molecule has 0 atom stereocenters. The minimum atomic E-state index is -0.651. The number of amides is 1. The molecule has 92 valence electrons. The second kappa shape index (κ2) is 4.17.